The van der Waals surface area contributed by atoms with Gasteiger partial charge in [0.05, 0.1) is 18.5 Å². The Labute approximate surface area is 150 Å². The van der Waals surface area contributed by atoms with Gasteiger partial charge in [-0.15, -0.1) is 5.10 Å². The number of aromatic nitrogens is 3. The molecule has 1 fully saturated rings. The second kappa shape index (κ2) is 7.09. The van der Waals surface area contributed by atoms with Crippen molar-refractivity contribution in [1.82, 2.24) is 14.6 Å². The zero-order valence-corrected chi connectivity index (χ0v) is 15.0. The lowest BCUT2D eigenvalue weighted by molar-refractivity contribution is 0.104. The number of benzene rings is 1. The van der Waals surface area contributed by atoms with Gasteiger partial charge in [-0.25, -0.2) is 13.9 Å². The third-order valence-corrected chi connectivity index (χ3v) is 5.50. The first-order valence-corrected chi connectivity index (χ1v) is 9.49. The molecule has 2 aromatic heterocycles. The number of ether oxygens (including phenoxy) is 1. The summed E-state index contributed by atoms with van der Waals surface area (Å²) in [6, 6.07) is 6.39. The maximum absolute atomic E-state index is 13.1. The van der Waals surface area contributed by atoms with Crippen LogP contribution in [0.15, 0.2) is 30.5 Å². The van der Waals surface area contributed by atoms with Crippen LogP contribution >= 0.6 is 11.3 Å². The average Bonchev–Trinajstić information content (AvgIpc) is 3.20. The predicted octanol–water partition coefficient (Wildman–Crippen LogP) is 3.85. The maximum Gasteiger partial charge on any atom is 0.214 e. The topological polar surface area (TPSA) is 42.7 Å². The second-order valence-electron chi connectivity index (χ2n) is 6.36. The Hall–Kier alpha value is -1.99. The third kappa shape index (κ3) is 3.52. The summed E-state index contributed by atoms with van der Waals surface area (Å²) in [5.74, 6) is 0.330. The lowest BCUT2D eigenvalue weighted by atomic mass is 9.99. The largest absolute Gasteiger partial charge is 0.381 e. The minimum absolute atomic E-state index is 0.239. The van der Waals surface area contributed by atoms with Crippen molar-refractivity contribution in [2.24, 2.45) is 5.92 Å². The SMILES string of the molecule is CCOCC1CCCN(c2nn3cc(-c4ccc(F)cc4)nc3s2)C1. The zero-order valence-electron chi connectivity index (χ0n) is 14.2. The van der Waals surface area contributed by atoms with Gasteiger partial charge in [0, 0.05) is 25.3 Å². The lowest BCUT2D eigenvalue weighted by Crippen LogP contribution is -2.37. The summed E-state index contributed by atoms with van der Waals surface area (Å²) >= 11 is 1.60. The van der Waals surface area contributed by atoms with Crippen molar-refractivity contribution >= 4 is 21.4 Å². The fraction of sp³-hybridized carbons (Fsp3) is 0.444. The molecule has 0 aliphatic carbocycles. The molecule has 25 heavy (non-hydrogen) atoms. The summed E-state index contributed by atoms with van der Waals surface area (Å²) in [7, 11) is 0. The molecule has 1 saturated heterocycles. The van der Waals surface area contributed by atoms with Gasteiger partial charge in [-0.1, -0.05) is 11.3 Å². The van der Waals surface area contributed by atoms with Crippen LogP contribution in [-0.4, -0.2) is 40.9 Å². The minimum Gasteiger partial charge on any atom is -0.381 e. The number of fused-ring (bicyclic) bond motifs is 1. The molecule has 0 amide bonds. The van der Waals surface area contributed by atoms with Crippen LogP contribution in [0.3, 0.4) is 0 Å². The standard InChI is InChI=1S/C18H21FN4OS/c1-2-24-12-13-4-3-9-22(10-13)18-21-23-11-16(20-17(23)25-18)14-5-7-15(19)8-6-14/h5-8,11,13H,2-4,9-10,12H2,1H3. The Kier molecular flexibility index (Phi) is 4.67. The third-order valence-electron chi connectivity index (χ3n) is 4.52. The van der Waals surface area contributed by atoms with Crippen molar-refractivity contribution in [1.29, 1.82) is 0 Å². The van der Waals surface area contributed by atoms with Crippen molar-refractivity contribution in [3.63, 3.8) is 0 Å². The highest BCUT2D eigenvalue weighted by Crippen LogP contribution is 2.29. The normalized spacial score (nSPS) is 18.2. The Morgan fingerprint density at radius 1 is 1.32 bits per heavy atom. The van der Waals surface area contributed by atoms with Gasteiger partial charge in [0.25, 0.3) is 0 Å². The van der Waals surface area contributed by atoms with Crippen LogP contribution in [0.5, 0.6) is 0 Å². The van der Waals surface area contributed by atoms with Crippen LogP contribution in [0.1, 0.15) is 19.8 Å². The van der Waals surface area contributed by atoms with Crippen molar-refractivity contribution < 1.29 is 9.13 Å². The van der Waals surface area contributed by atoms with E-state index in [9.17, 15) is 4.39 Å². The summed E-state index contributed by atoms with van der Waals surface area (Å²) in [5, 5.41) is 5.71. The van der Waals surface area contributed by atoms with Gasteiger partial charge in [0.2, 0.25) is 10.1 Å². The monoisotopic (exact) mass is 360 g/mol. The molecule has 0 spiro atoms. The average molecular weight is 360 g/mol. The highest BCUT2D eigenvalue weighted by atomic mass is 32.1. The van der Waals surface area contributed by atoms with E-state index >= 15 is 0 Å². The lowest BCUT2D eigenvalue weighted by Gasteiger charge is -2.31. The van der Waals surface area contributed by atoms with Crippen LogP contribution in [0, 0.1) is 11.7 Å². The van der Waals surface area contributed by atoms with E-state index < -0.39 is 0 Å². The van der Waals surface area contributed by atoms with E-state index in [1.165, 1.54) is 25.0 Å². The molecule has 3 aromatic rings. The van der Waals surface area contributed by atoms with Crippen molar-refractivity contribution in [2.45, 2.75) is 19.8 Å². The Bertz CT molecular complexity index is 813. The first-order chi connectivity index (χ1) is 12.2. The molecule has 1 aliphatic rings. The van der Waals surface area contributed by atoms with E-state index in [4.69, 9.17) is 9.84 Å². The van der Waals surface area contributed by atoms with Crippen LogP contribution in [-0.2, 0) is 4.74 Å². The van der Waals surface area contributed by atoms with Crippen molar-refractivity contribution in [2.75, 3.05) is 31.2 Å². The summed E-state index contributed by atoms with van der Waals surface area (Å²) in [4.78, 5) is 7.84. The molecule has 5 nitrogen and oxygen atoms in total. The summed E-state index contributed by atoms with van der Waals surface area (Å²) in [5.41, 5.74) is 1.72. The van der Waals surface area contributed by atoms with Gasteiger partial charge in [-0.3, -0.25) is 0 Å². The van der Waals surface area contributed by atoms with Crippen LogP contribution < -0.4 is 4.90 Å². The second-order valence-corrected chi connectivity index (χ2v) is 7.29. The van der Waals surface area contributed by atoms with Crippen molar-refractivity contribution in [3.8, 4) is 11.3 Å². The molecule has 0 saturated carbocycles. The zero-order chi connectivity index (χ0) is 17.2. The van der Waals surface area contributed by atoms with Gasteiger partial charge in [0.1, 0.15) is 5.82 Å². The molecular formula is C18H21FN4OS. The first-order valence-electron chi connectivity index (χ1n) is 8.68. The van der Waals surface area contributed by atoms with Gasteiger partial charge in [-0.05, 0) is 49.9 Å². The number of nitrogens with zero attached hydrogens (tertiary/aromatic N) is 4. The number of imidazole rings is 1. The molecule has 4 rings (SSSR count). The molecule has 1 aliphatic heterocycles. The van der Waals surface area contributed by atoms with E-state index in [0.717, 1.165) is 47.7 Å². The molecule has 1 aromatic carbocycles. The minimum atomic E-state index is -0.239. The van der Waals surface area contributed by atoms with Crippen LogP contribution in [0.2, 0.25) is 0 Å². The molecule has 0 radical (unpaired) electrons. The van der Waals surface area contributed by atoms with Gasteiger partial charge >= 0.3 is 0 Å². The molecule has 0 bridgehead atoms. The quantitative estimate of drug-likeness (QED) is 0.693. The number of halogens is 1. The molecular weight excluding hydrogens is 339 g/mol. The van der Waals surface area contributed by atoms with E-state index in [2.05, 4.69) is 9.88 Å². The Morgan fingerprint density at radius 2 is 2.16 bits per heavy atom. The maximum atomic E-state index is 13.1. The van der Waals surface area contributed by atoms with Crippen LogP contribution in [0.25, 0.3) is 16.2 Å². The Balaban J connectivity index is 1.52. The summed E-state index contributed by atoms with van der Waals surface area (Å²) < 4.78 is 20.5. The van der Waals surface area contributed by atoms with E-state index in [1.54, 1.807) is 23.5 Å². The number of rotatable bonds is 5. The number of hydrogen-bond acceptors (Lipinski definition) is 5. The van der Waals surface area contributed by atoms with E-state index in [1.807, 2.05) is 17.6 Å². The summed E-state index contributed by atoms with van der Waals surface area (Å²) in [6.45, 7) is 5.65. The van der Waals surface area contributed by atoms with Gasteiger partial charge in [-0.2, -0.15) is 0 Å². The number of hydrogen-bond donors (Lipinski definition) is 0. The highest BCUT2D eigenvalue weighted by Gasteiger charge is 2.23. The Morgan fingerprint density at radius 3 is 2.92 bits per heavy atom. The fourth-order valence-corrected chi connectivity index (χ4v) is 4.15. The van der Waals surface area contributed by atoms with E-state index in [-0.39, 0.29) is 5.82 Å². The first kappa shape index (κ1) is 16.5. The highest BCUT2D eigenvalue weighted by molar-refractivity contribution is 7.20. The number of anilines is 1. The molecule has 1 unspecified atom stereocenters. The molecule has 132 valence electrons. The molecule has 1 atom stereocenters. The molecule has 3 heterocycles. The number of piperidine rings is 1. The van der Waals surface area contributed by atoms with E-state index in [0.29, 0.717) is 5.92 Å². The van der Waals surface area contributed by atoms with Crippen LogP contribution in [0.4, 0.5) is 9.52 Å². The smallest absolute Gasteiger partial charge is 0.214 e. The predicted molar refractivity (Wildman–Crippen MR) is 97.7 cm³/mol. The van der Waals surface area contributed by atoms with Crippen molar-refractivity contribution in [3.05, 3.63) is 36.3 Å². The van der Waals surface area contributed by atoms with Gasteiger partial charge < -0.3 is 9.64 Å². The molecule has 0 N–H and O–H groups in total. The molecule has 7 heteroatoms. The summed E-state index contributed by atoms with van der Waals surface area (Å²) in [6.07, 6.45) is 4.29. The fourth-order valence-electron chi connectivity index (χ4n) is 3.24. The van der Waals surface area contributed by atoms with Gasteiger partial charge in [0.15, 0.2) is 0 Å².